The number of urea groups is 1. The number of carboxylic acids is 1. The molecule has 0 aliphatic carbocycles. The maximum atomic E-state index is 12.3. The first-order valence-corrected chi connectivity index (χ1v) is 6.95. The average Bonchev–Trinajstić information content (AvgIpc) is 2.88. The molecule has 1 aliphatic rings. The third-order valence-electron chi connectivity index (χ3n) is 3.91. The summed E-state index contributed by atoms with van der Waals surface area (Å²) in [6.07, 6.45) is 0.931. The first kappa shape index (κ1) is 15.3. The molecule has 1 fully saturated rings. The highest BCUT2D eigenvalue weighted by molar-refractivity contribution is 6.01. The molecule has 1 aromatic rings. The Morgan fingerprint density at radius 1 is 1.38 bits per heavy atom. The molecule has 0 spiro atoms. The fraction of sp³-hybridized carbons (Fsp3) is 0.467. The largest absolute Gasteiger partial charge is 0.478 e. The van der Waals surface area contributed by atoms with E-state index in [0.29, 0.717) is 30.4 Å². The second-order valence-corrected chi connectivity index (χ2v) is 5.58. The lowest BCUT2D eigenvalue weighted by Gasteiger charge is -2.21. The molecule has 1 atom stereocenters. The van der Waals surface area contributed by atoms with Gasteiger partial charge in [-0.1, -0.05) is 12.1 Å². The highest BCUT2D eigenvalue weighted by Gasteiger charge is 2.28. The molecule has 1 aromatic carbocycles. The van der Waals surface area contributed by atoms with Crippen molar-refractivity contribution in [3.05, 3.63) is 29.3 Å². The van der Waals surface area contributed by atoms with E-state index < -0.39 is 5.97 Å². The van der Waals surface area contributed by atoms with Crippen LogP contribution in [-0.4, -0.2) is 60.1 Å². The van der Waals surface area contributed by atoms with Crippen LogP contribution in [0.25, 0.3) is 0 Å². The highest BCUT2D eigenvalue weighted by Crippen LogP contribution is 2.21. The van der Waals surface area contributed by atoms with Crippen LogP contribution in [-0.2, 0) is 0 Å². The summed E-state index contributed by atoms with van der Waals surface area (Å²) < 4.78 is 0. The van der Waals surface area contributed by atoms with Crippen LogP contribution in [0.3, 0.4) is 0 Å². The Morgan fingerprint density at radius 2 is 2.10 bits per heavy atom. The number of carbonyl (C=O) groups excluding carboxylic acids is 1. The fourth-order valence-electron chi connectivity index (χ4n) is 2.60. The number of carbonyl (C=O) groups is 2. The van der Waals surface area contributed by atoms with Gasteiger partial charge in [0.05, 0.1) is 11.3 Å². The average molecular weight is 291 g/mol. The molecule has 2 rings (SSSR count). The van der Waals surface area contributed by atoms with E-state index in [2.05, 4.69) is 10.2 Å². The zero-order valence-corrected chi connectivity index (χ0v) is 12.6. The Labute approximate surface area is 124 Å². The standard InChI is InChI=1S/C15H21N3O3/c1-10-5-4-6-12(13(10)14(19)20)16-15(21)18-8-7-11(9-18)17(2)3/h4-6,11H,7-9H2,1-3H3,(H,16,21)(H,19,20). The monoisotopic (exact) mass is 291 g/mol. The molecule has 6 heteroatoms. The van der Waals surface area contributed by atoms with Crippen molar-refractivity contribution in [2.24, 2.45) is 0 Å². The first-order chi connectivity index (χ1) is 9.90. The van der Waals surface area contributed by atoms with Crippen molar-refractivity contribution in [2.45, 2.75) is 19.4 Å². The number of likely N-dealkylation sites (N-methyl/N-ethyl adjacent to an activating group) is 1. The van der Waals surface area contributed by atoms with E-state index in [1.54, 1.807) is 30.0 Å². The van der Waals surface area contributed by atoms with Gasteiger partial charge < -0.3 is 20.2 Å². The van der Waals surface area contributed by atoms with Crippen LogP contribution in [0, 0.1) is 6.92 Å². The summed E-state index contributed by atoms with van der Waals surface area (Å²) in [5.74, 6) is -1.03. The van der Waals surface area contributed by atoms with Crippen molar-refractivity contribution >= 4 is 17.7 Å². The van der Waals surface area contributed by atoms with Crippen molar-refractivity contribution in [1.29, 1.82) is 0 Å². The van der Waals surface area contributed by atoms with Crippen LogP contribution < -0.4 is 5.32 Å². The second-order valence-electron chi connectivity index (χ2n) is 5.58. The summed E-state index contributed by atoms with van der Waals surface area (Å²) in [7, 11) is 3.99. The Hall–Kier alpha value is -2.08. The van der Waals surface area contributed by atoms with E-state index in [1.807, 2.05) is 14.1 Å². The van der Waals surface area contributed by atoms with Crippen LogP contribution in [0.1, 0.15) is 22.3 Å². The predicted molar refractivity (Wildman–Crippen MR) is 80.8 cm³/mol. The molecule has 1 heterocycles. The van der Waals surface area contributed by atoms with E-state index in [4.69, 9.17) is 0 Å². The lowest BCUT2D eigenvalue weighted by Crippen LogP contribution is -2.37. The number of anilines is 1. The van der Waals surface area contributed by atoms with Gasteiger partial charge in [-0.25, -0.2) is 9.59 Å². The van der Waals surface area contributed by atoms with Crippen molar-refractivity contribution in [3.63, 3.8) is 0 Å². The second kappa shape index (κ2) is 6.13. The quantitative estimate of drug-likeness (QED) is 0.891. The van der Waals surface area contributed by atoms with Gasteiger partial charge in [0.15, 0.2) is 0 Å². The van der Waals surface area contributed by atoms with Gasteiger partial charge in [-0.15, -0.1) is 0 Å². The summed E-state index contributed by atoms with van der Waals surface area (Å²) in [6, 6.07) is 5.19. The van der Waals surface area contributed by atoms with Crippen molar-refractivity contribution < 1.29 is 14.7 Å². The minimum Gasteiger partial charge on any atom is -0.478 e. The molecular formula is C15H21N3O3. The fourth-order valence-corrected chi connectivity index (χ4v) is 2.60. The molecule has 114 valence electrons. The summed E-state index contributed by atoms with van der Waals surface area (Å²) in [4.78, 5) is 27.4. The molecule has 0 aromatic heterocycles. The van der Waals surface area contributed by atoms with E-state index >= 15 is 0 Å². The molecule has 2 amide bonds. The summed E-state index contributed by atoms with van der Waals surface area (Å²) in [5.41, 5.74) is 1.13. The van der Waals surface area contributed by atoms with Gasteiger partial charge in [0.25, 0.3) is 0 Å². The molecule has 1 saturated heterocycles. The minimum atomic E-state index is -1.03. The van der Waals surface area contributed by atoms with Crippen LogP contribution in [0.4, 0.5) is 10.5 Å². The lowest BCUT2D eigenvalue weighted by molar-refractivity contribution is 0.0697. The van der Waals surface area contributed by atoms with E-state index in [0.717, 1.165) is 6.42 Å². The maximum absolute atomic E-state index is 12.3. The maximum Gasteiger partial charge on any atom is 0.338 e. The van der Waals surface area contributed by atoms with Crippen molar-refractivity contribution in [2.75, 3.05) is 32.5 Å². The van der Waals surface area contributed by atoms with Gasteiger partial charge in [-0.2, -0.15) is 0 Å². The number of hydrogen-bond acceptors (Lipinski definition) is 3. The van der Waals surface area contributed by atoms with Gasteiger partial charge in [-0.3, -0.25) is 0 Å². The van der Waals surface area contributed by atoms with Crippen molar-refractivity contribution in [3.8, 4) is 0 Å². The number of amides is 2. The third-order valence-corrected chi connectivity index (χ3v) is 3.91. The number of aromatic carboxylic acids is 1. The molecule has 0 bridgehead atoms. The van der Waals surface area contributed by atoms with Gasteiger partial charge in [0, 0.05) is 19.1 Å². The smallest absolute Gasteiger partial charge is 0.338 e. The molecule has 1 unspecified atom stereocenters. The predicted octanol–water partition coefficient (Wildman–Crippen LogP) is 1.86. The van der Waals surface area contributed by atoms with E-state index in [9.17, 15) is 14.7 Å². The normalized spacial score (nSPS) is 18.1. The Kier molecular flexibility index (Phi) is 4.47. The molecule has 0 saturated carbocycles. The minimum absolute atomic E-state index is 0.147. The van der Waals surface area contributed by atoms with Gasteiger partial charge >= 0.3 is 12.0 Å². The van der Waals surface area contributed by atoms with Crippen LogP contribution >= 0.6 is 0 Å². The number of nitrogens with one attached hydrogen (secondary N) is 1. The van der Waals surface area contributed by atoms with E-state index in [1.165, 1.54) is 0 Å². The molecule has 6 nitrogen and oxygen atoms in total. The first-order valence-electron chi connectivity index (χ1n) is 6.95. The number of likely N-dealkylation sites (tertiary alicyclic amines) is 1. The molecule has 0 radical (unpaired) electrons. The lowest BCUT2D eigenvalue weighted by atomic mass is 10.1. The number of hydrogen-bond donors (Lipinski definition) is 2. The van der Waals surface area contributed by atoms with E-state index in [-0.39, 0.29) is 11.6 Å². The molecule has 21 heavy (non-hydrogen) atoms. The highest BCUT2D eigenvalue weighted by atomic mass is 16.4. The van der Waals surface area contributed by atoms with Gasteiger partial charge in [-0.05, 0) is 39.1 Å². The van der Waals surface area contributed by atoms with Crippen LogP contribution in [0.5, 0.6) is 0 Å². The summed E-state index contributed by atoms with van der Waals surface area (Å²) >= 11 is 0. The molecule has 2 N–H and O–H groups in total. The SMILES string of the molecule is Cc1cccc(NC(=O)N2CCC(N(C)C)C2)c1C(=O)O. The third kappa shape index (κ3) is 3.33. The van der Waals surface area contributed by atoms with Crippen LogP contribution in [0.15, 0.2) is 18.2 Å². The zero-order chi connectivity index (χ0) is 15.6. The Morgan fingerprint density at radius 3 is 2.67 bits per heavy atom. The zero-order valence-electron chi connectivity index (χ0n) is 12.6. The molecular weight excluding hydrogens is 270 g/mol. The van der Waals surface area contributed by atoms with Crippen molar-refractivity contribution in [1.82, 2.24) is 9.80 Å². The number of benzene rings is 1. The summed E-state index contributed by atoms with van der Waals surface area (Å²) in [5, 5.41) is 12.0. The van der Waals surface area contributed by atoms with Gasteiger partial charge in [0.2, 0.25) is 0 Å². The number of carboxylic acid groups (broad SMARTS) is 1. The molecule has 1 aliphatic heterocycles. The Balaban J connectivity index is 2.11. The number of aryl methyl sites for hydroxylation is 1. The topological polar surface area (TPSA) is 72.9 Å². The van der Waals surface area contributed by atoms with Crippen LogP contribution in [0.2, 0.25) is 0 Å². The Bertz CT molecular complexity index is 557. The summed E-state index contributed by atoms with van der Waals surface area (Å²) in [6.45, 7) is 3.06. The number of rotatable bonds is 3. The van der Waals surface area contributed by atoms with Gasteiger partial charge in [0.1, 0.15) is 0 Å². The number of nitrogens with zero attached hydrogens (tertiary/aromatic N) is 2.